The topological polar surface area (TPSA) is 12.0 Å². The minimum absolute atomic E-state index is 0.342. The number of likely N-dealkylation sites (N-methyl/N-ethyl adjacent to an activating group) is 1. The molecule has 1 atom stereocenters. The molecule has 0 aromatic heterocycles. The molecule has 3 rings (SSSR count). The molecule has 0 aliphatic heterocycles. The minimum atomic E-state index is 0.342. The number of halogens is 1. The highest BCUT2D eigenvalue weighted by Gasteiger charge is 2.10. The van der Waals surface area contributed by atoms with Gasteiger partial charge in [-0.05, 0) is 76.2 Å². The van der Waals surface area contributed by atoms with E-state index in [-0.39, 0.29) is 0 Å². The Bertz CT molecular complexity index is 734. The first-order valence-corrected chi connectivity index (χ1v) is 8.24. The summed E-state index contributed by atoms with van der Waals surface area (Å²) < 4.78 is 1.28. The Morgan fingerprint density at radius 1 is 0.905 bits per heavy atom. The van der Waals surface area contributed by atoms with Crippen molar-refractivity contribution < 1.29 is 0 Å². The monoisotopic (exact) mass is 387 g/mol. The van der Waals surface area contributed by atoms with Gasteiger partial charge in [-0.1, -0.05) is 48.5 Å². The molecule has 0 fully saturated rings. The molecule has 1 nitrogen and oxygen atoms in total. The lowest BCUT2D eigenvalue weighted by Gasteiger charge is -2.17. The number of rotatable bonds is 4. The van der Waals surface area contributed by atoms with Crippen molar-refractivity contribution in [2.24, 2.45) is 0 Å². The number of hydrogen-bond donors (Lipinski definition) is 1. The van der Waals surface area contributed by atoms with Crippen molar-refractivity contribution in [3.05, 3.63) is 81.4 Å². The molecular formula is C19H18IN. The highest BCUT2D eigenvalue weighted by atomic mass is 127. The van der Waals surface area contributed by atoms with Gasteiger partial charge in [0.15, 0.2) is 0 Å². The molecule has 2 heteroatoms. The number of nitrogens with one attached hydrogen (secondary N) is 1. The first-order valence-electron chi connectivity index (χ1n) is 7.16. The van der Waals surface area contributed by atoms with Gasteiger partial charge in [0.25, 0.3) is 0 Å². The molecule has 3 aromatic rings. The highest BCUT2D eigenvalue weighted by Crippen LogP contribution is 2.23. The Labute approximate surface area is 139 Å². The molecular weight excluding hydrogens is 369 g/mol. The maximum atomic E-state index is 3.44. The largest absolute Gasteiger partial charge is 0.313 e. The summed E-state index contributed by atoms with van der Waals surface area (Å²) in [6.45, 7) is 0. The van der Waals surface area contributed by atoms with Gasteiger partial charge in [-0.25, -0.2) is 0 Å². The van der Waals surface area contributed by atoms with Crippen molar-refractivity contribution >= 4 is 33.4 Å². The van der Waals surface area contributed by atoms with Crippen molar-refractivity contribution in [2.45, 2.75) is 12.5 Å². The van der Waals surface area contributed by atoms with Crippen LogP contribution in [0.2, 0.25) is 0 Å². The number of hydrogen-bond acceptors (Lipinski definition) is 1. The summed E-state index contributed by atoms with van der Waals surface area (Å²) in [5, 5.41) is 6.04. The average Bonchev–Trinajstić information content (AvgIpc) is 2.54. The van der Waals surface area contributed by atoms with Crippen LogP contribution in [0.3, 0.4) is 0 Å². The van der Waals surface area contributed by atoms with Crippen LogP contribution < -0.4 is 5.32 Å². The van der Waals surface area contributed by atoms with Crippen LogP contribution in [0.15, 0.2) is 66.7 Å². The van der Waals surface area contributed by atoms with Gasteiger partial charge in [0.1, 0.15) is 0 Å². The van der Waals surface area contributed by atoms with Crippen LogP contribution in [0.1, 0.15) is 17.2 Å². The summed E-state index contributed by atoms with van der Waals surface area (Å²) >= 11 is 2.34. The highest BCUT2D eigenvalue weighted by molar-refractivity contribution is 14.1. The van der Waals surface area contributed by atoms with Gasteiger partial charge in [0.2, 0.25) is 0 Å². The third-order valence-corrected chi connectivity index (χ3v) is 4.60. The molecule has 0 aliphatic carbocycles. The molecule has 106 valence electrons. The second kappa shape index (κ2) is 6.58. The van der Waals surface area contributed by atoms with Crippen molar-refractivity contribution in [1.29, 1.82) is 0 Å². The Hall–Kier alpha value is -1.39. The van der Waals surface area contributed by atoms with Crippen LogP contribution in [0.5, 0.6) is 0 Å². The van der Waals surface area contributed by atoms with E-state index in [1.807, 2.05) is 7.05 Å². The molecule has 0 saturated carbocycles. The predicted octanol–water partition coefficient (Wildman–Crippen LogP) is 4.95. The summed E-state index contributed by atoms with van der Waals surface area (Å²) in [6, 6.07) is 24.4. The van der Waals surface area contributed by atoms with Crippen LogP contribution in [-0.4, -0.2) is 7.05 Å². The molecule has 1 N–H and O–H groups in total. The van der Waals surface area contributed by atoms with Gasteiger partial charge in [-0.2, -0.15) is 0 Å². The third-order valence-electron chi connectivity index (χ3n) is 3.88. The van der Waals surface area contributed by atoms with Gasteiger partial charge in [-0.3, -0.25) is 0 Å². The Kier molecular flexibility index (Phi) is 4.56. The zero-order valence-electron chi connectivity index (χ0n) is 12.0. The van der Waals surface area contributed by atoms with Crippen LogP contribution in [0.25, 0.3) is 10.8 Å². The normalized spacial score (nSPS) is 12.5. The molecule has 0 radical (unpaired) electrons. The van der Waals surface area contributed by atoms with Gasteiger partial charge >= 0.3 is 0 Å². The lowest BCUT2D eigenvalue weighted by Crippen LogP contribution is -2.18. The summed E-state index contributed by atoms with van der Waals surface area (Å²) in [4.78, 5) is 0. The first-order chi connectivity index (χ1) is 10.3. The third kappa shape index (κ3) is 3.44. The van der Waals surface area contributed by atoms with E-state index < -0.39 is 0 Å². The van der Waals surface area contributed by atoms with Crippen LogP contribution in [0, 0.1) is 3.57 Å². The van der Waals surface area contributed by atoms with Gasteiger partial charge in [-0.15, -0.1) is 0 Å². The Balaban J connectivity index is 1.88. The smallest absolute Gasteiger partial charge is 0.0358 e. The lowest BCUT2D eigenvalue weighted by atomic mass is 9.97. The number of benzene rings is 3. The van der Waals surface area contributed by atoms with Gasteiger partial charge < -0.3 is 5.32 Å². The predicted molar refractivity (Wildman–Crippen MR) is 98.6 cm³/mol. The Morgan fingerprint density at radius 2 is 1.62 bits per heavy atom. The van der Waals surface area contributed by atoms with Crippen LogP contribution in [0.4, 0.5) is 0 Å². The van der Waals surface area contributed by atoms with E-state index in [1.165, 1.54) is 25.5 Å². The van der Waals surface area contributed by atoms with Crippen molar-refractivity contribution in [3.8, 4) is 0 Å². The fourth-order valence-electron chi connectivity index (χ4n) is 2.67. The molecule has 0 spiro atoms. The quantitative estimate of drug-likeness (QED) is 0.625. The molecule has 0 heterocycles. The van der Waals surface area contributed by atoms with E-state index in [1.54, 1.807) is 0 Å². The zero-order chi connectivity index (χ0) is 14.7. The van der Waals surface area contributed by atoms with E-state index in [0.29, 0.717) is 6.04 Å². The molecule has 21 heavy (non-hydrogen) atoms. The van der Waals surface area contributed by atoms with Crippen LogP contribution >= 0.6 is 22.6 Å². The molecule has 0 bridgehead atoms. The standard InChI is InChI=1S/C19H18IN/c1-21-19(12-14-6-10-18(20)11-7-14)17-9-8-15-4-2-3-5-16(15)13-17/h2-11,13,19,21H,12H2,1H3. The fourth-order valence-corrected chi connectivity index (χ4v) is 3.03. The van der Waals surface area contributed by atoms with Crippen molar-refractivity contribution in [1.82, 2.24) is 5.32 Å². The average molecular weight is 387 g/mol. The molecule has 0 amide bonds. The van der Waals surface area contributed by atoms with Crippen LogP contribution in [-0.2, 0) is 6.42 Å². The first kappa shape index (κ1) is 14.5. The molecule has 0 saturated heterocycles. The van der Waals surface area contributed by atoms with E-state index in [0.717, 1.165) is 6.42 Å². The minimum Gasteiger partial charge on any atom is -0.313 e. The van der Waals surface area contributed by atoms with E-state index >= 15 is 0 Å². The lowest BCUT2D eigenvalue weighted by molar-refractivity contribution is 0.592. The maximum absolute atomic E-state index is 3.44. The van der Waals surface area contributed by atoms with E-state index in [9.17, 15) is 0 Å². The zero-order valence-corrected chi connectivity index (χ0v) is 14.2. The van der Waals surface area contributed by atoms with Gasteiger partial charge in [0, 0.05) is 9.61 Å². The second-order valence-corrected chi connectivity index (χ2v) is 6.52. The number of fused-ring (bicyclic) bond motifs is 1. The fraction of sp³-hybridized carbons (Fsp3) is 0.158. The van der Waals surface area contributed by atoms with E-state index in [4.69, 9.17) is 0 Å². The van der Waals surface area contributed by atoms with Gasteiger partial charge in [0.05, 0.1) is 0 Å². The van der Waals surface area contributed by atoms with Crippen molar-refractivity contribution in [2.75, 3.05) is 7.05 Å². The summed E-state index contributed by atoms with van der Waals surface area (Å²) in [5.41, 5.74) is 2.71. The molecule has 0 aliphatic rings. The maximum Gasteiger partial charge on any atom is 0.0358 e. The molecule has 1 unspecified atom stereocenters. The molecule has 3 aromatic carbocycles. The van der Waals surface area contributed by atoms with E-state index in [2.05, 4.69) is 94.6 Å². The summed E-state index contributed by atoms with van der Waals surface area (Å²) in [7, 11) is 2.03. The summed E-state index contributed by atoms with van der Waals surface area (Å²) in [5.74, 6) is 0. The van der Waals surface area contributed by atoms with Crippen molar-refractivity contribution in [3.63, 3.8) is 0 Å². The second-order valence-electron chi connectivity index (χ2n) is 5.28. The Morgan fingerprint density at radius 3 is 2.33 bits per heavy atom. The summed E-state index contributed by atoms with van der Waals surface area (Å²) in [6.07, 6.45) is 1.01. The SMILES string of the molecule is CNC(Cc1ccc(I)cc1)c1ccc2ccccc2c1.